The van der Waals surface area contributed by atoms with Gasteiger partial charge in [-0.15, -0.1) is 0 Å². The van der Waals surface area contributed by atoms with Gasteiger partial charge in [0.15, 0.2) is 0 Å². The van der Waals surface area contributed by atoms with Crippen LogP contribution in [-0.4, -0.2) is 22.9 Å². The van der Waals surface area contributed by atoms with Crippen molar-refractivity contribution in [1.82, 2.24) is 9.78 Å². The summed E-state index contributed by atoms with van der Waals surface area (Å²) in [5, 5.41) is 7.49. The molecular formula is C12H24N4. The van der Waals surface area contributed by atoms with Crippen molar-refractivity contribution in [2.75, 3.05) is 18.4 Å². The lowest BCUT2D eigenvalue weighted by Gasteiger charge is -2.25. The summed E-state index contributed by atoms with van der Waals surface area (Å²) in [6, 6.07) is 0. The van der Waals surface area contributed by atoms with Gasteiger partial charge in [0.2, 0.25) is 0 Å². The van der Waals surface area contributed by atoms with Crippen LogP contribution in [0.4, 0.5) is 5.69 Å². The third-order valence-corrected chi connectivity index (χ3v) is 2.53. The molecule has 0 radical (unpaired) electrons. The number of nitrogens with zero attached hydrogens (tertiary/aromatic N) is 2. The summed E-state index contributed by atoms with van der Waals surface area (Å²) in [4.78, 5) is 0. The van der Waals surface area contributed by atoms with E-state index in [1.807, 2.05) is 19.4 Å². The van der Waals surface area contributed by atoms with Gasteiger partial charge in [-0.1, -0.05) is 20.8 Å². The molecule has 0 aliphatic carbocycles. The average molecular weight is 224 g/mol. The third-order valence-electron chi connectivity index (χ3n) is 2.53. The molecule has 1 unspecified atom stereocenters. The highest BCUT2D eigenvalue weighted by Crippen LogP contribution is 2.24. The number of nitrogens with one attached hydrogen (secondary N) is 1. The topological polar surface area (TPSA) is 55.9 Å². The number of hydrogen-bond donors (Lipinski definition) is 2. The molecule has 4 nitrogen and oxygen atoms in total. The fourth-order valence-corrected chi connectivity index (χ4v) is 1.88. The van der Waals surface area contributed by atoms with Crippen LogP contribution in [0.5, 0.6) is 0 Å². The van der Waals surface area contributed by atoms with Gasteiger partial charge in [-0.2, -0.15) is 5.10 Å². The van der Waals surface area contributed by atoms with Gasteiger partial charge < -0.3 is 11.1 Å². The number of aromatic nitrogens is 2. The Kier molecular flexibility index (Phi) is 4.35. The van der Waals surface area contributed by atoms with Gasteiger partial charge in [0, 0.05) is 19.8 Å². The normalized spacial score (nSPS) is 13.8. The molecule has 16 heavy (non-hydrogen) atoms. The molecule has 1 aromatic heterocycles. The van der Waals surface area contributed by atoms with Gasteiger partial charge in [0.1, 0.15) is 0 Å². The van der Waals surface area contributed by atoms with Gasteiger partial charge in [0.25, 0.3) is 0 Å². The number of nitrogens with two attached hydrogens (primary N) is 1. The maximum absolute atomic E-state index is 5.79. The Hall–Kier alpha value is -1.03. The molecule has 0 fully saturated rings. The summed E-state index contributed by atoms with van der Waals surface area (Å²) in [6.45, 7) is 8.39. The van der Waals surface area contributed by atoms with E-state index in [1.165, 1.54) is 0 Å². The highest BCUT2D eigenvalue weighted by atomic mass is 15.3. The Balaban J connectivity index is 2.40. The third kappa shape index (κ3) is 4.66. The van der Waals surface area contributed by atoms with Crippen LogP contribution in [0.15, 0.2) is 12.4 Å². The summed E-state index contributed by atoms with van der Waals surface area (Å²) in [5.74, 6) is 0.514. The molecule has 92 valence electrons. The maximum atomic E-state index is 5.79. The second kappa shape index (κ2) is 5.34. The summed E-state index contributed by atoms with van der Waals surface area (Å²) in [5.41, 5.74) is 7.19. The van der Waals surface area contributed by atoms with Crippen molar-refractivity contribution >= 4 is 5.69 Å². The zero-order valence-corrected chi connectivity index (χ0v) is 10.8. The van der Waals surface area contributed by atoms with E-state index in [1.54, 1.807) is 4.68 Å². The van der Waals surface area contributed by atoms with Crippen LogP contribution in [-0.2, 0) is 7.05 Å². The van der Waals surface area contributed by atoms with Gasteiger partial charge in [0.05, 0.1) is 11.9 Å². The van der Waals surface area contributed by atoms with E-state index < -0.39 is 0 Å². The van der Waals surface area contributed by atoms with Crippen molar-refractivity contribution in [2.24, 2.45) is 24.1 Å². The molecule has 0 saturated carbocycles. The molecule has 0 spiro atoms. The lowest BCUT2D eigenvalue weighted by molar-refractivity contribution is 0.305. The first-order valence-corrected chi connectivity index (χ1v) is 5.83. The standard InChI is InChI=1S/C12H24N4/c1-12(2,3)5-10(6-13)7-14-11-8-15-16(4)9-11/h8-10,14H,5-7,13H2,1-4H3. The van der Waals surface area contributed by atoms with E-state index >= 15 is 0 Å². The Morgan fingerprint density at radius 2 is 2.19 bits per heavy atom. The van der Waals surface area contributed by atoms with Crippen LogP contribution >= 0.6 is 0 Å². The second-order valence-corrected chi connectivity index (χ2v) is 5.65. The number of aryl methyl sites for hydroxylation is 1. The lowest BCUT2D eigenvalue weighted by Crippen LogP contribution is -2.27. The van der Waals surface area contributed by atoms with Gasteiger partial charge in [-0.25, -0.2) is 0 Å². The van der Waals surface area contributed by atoms with E-state index in [-0.39, 0.29) is 0 Å². The van der Waals surface area contributed by atoms with Crippen LogP contribution in [0.25, 0.3) is 0 Å². The maximum Gasteiger partial charge on any atom is 0.0726 e. The Bertz CT molecular complexity index is 311. The smallest absolute Gasteiger partial charge is 0.0726 e. The van der Waals surface area contributed by atoms with Crippen molar-refractivity contribution in [3.8, 4) is 0 Å². The Morgan fingerprint density at radius 3 is 2.62 bits per heavy atom. The molecule has 4 heteroatoms. The molecule has 1 rings (SSSR count). The van der Waals surface area contributed by atoms with Crippen LogP contribution < -0.4 is 11.1 Å². The van der Waals surface area contributed by atoms with Crippen molar-refractivity contribution < 1.29 is 0 Å². The van der Waals surface area contributed by atoms with Crippen molar-refractivity contribution in [1.29, 1.82) is 0 Å². The highest BCUT2D eigenvalue weighted by molar-refractivity contribution is 5.37. The molecule has 0 amide bonds. The van der Waals surface area contributed by atoms with Crippen molar-refractivity contribution in [3.63, 3.8) is 0 Å². The van der Waals surface area contributed by atoms with Crippen LogP contribution in [0.1, 0.15) is 27.2 Å². The molecule has 0 saturated heterocycles. The minimum atomic E-state index is 0.334. The predicted molar refractivity (Wildman–Crippen MR) is 68.3 cm³/mol. The van der Waals surface area contributed by atoms with Crippen LogP contribution in [0.3, 0.4) is 0 Å². The molecule has 0 bridgehead atoms. The van der Waals surface area contributed by atoms with E-state index in [2.05, 4.69) is 31.2 Å². The van der Waals surface area contributed by atoms with E-state index in [0.29, 0.717) is 11.3 Å². The molecule has 3 N–H and O–H groups in total. The molecular weight excluding hydrogens is 200 g/mol. The first-order chi connectivity index (χ1) is 7.40. The van der Waals surface area contributed by atoms with Crippen LogP contribution in [0.2, 0.25) is 0 Å². The second-order valence-electron chi connectivity index (χ2n) is 5.65. The number of hydrogen-bond acceptors (Lipinski definition) is 3. The van der Waals surface area contributed by atoms with E-state index in [0.717, 1.165) is 25.2 Å². The van der Waals surface area contributed by atoms with Crippen molar-refractivity contribution in [3.05, 3.63) is 12.4 Å². The van der Waals surface area contributed by atoms with Gasteiger partial charge in [-0.3, -0.25) is 4.68 Å². The van der Waals surface area contributed by atoms with E-state index in [9.17, 15) is 0 Å². The van der Waals surface area contributed by atoms with Gasteiger partial charge >= 0.3 is 0 Å². The number of rotatable bonds is 5. The fourth-order valence-electron chi connectivity index (χ4n) is 1.88. The quantitative estimate of drug-likeness (QED) is 0.802. The van der Waals surface area contributed by atoms with E-state index in [4.69, 9.17) is 5.73 Å². The molecule has 1 aromatic rings. The summed E-state index contributed by atoms with van der Waals surface area (Å²) >= 11 is 0. The summed E-state index contributed by atoms with van der Waals surface area (Å²) in [6.07, 6.45) is 4.95. The molecule has 0 aromatic carbocycles. The zero-order chi connectivity index (χ0) is 12.2. The SMILES string of the molecule is Cn1cc(NCC(CN)CC(C)(C)C)cn1. The molecule has 1 atom stereocenters. The number of anilines is 1. The molecule has 0 aliphatic rings. The monoisotopic (exact) mass is 224 g/mol. The summed E-state index contributed by atoms with van der Waals surface area (Å²) < 4.78 is 1.80. The first kappa shape index (κ1) is 13.0. The average Bonchev–Trinajstić information content (AvgIpc) is 2.57. The fraction of sp³-hybridized carbons (Fsp3) is 0.750. The zero-order valence-electron chi connectivity index (χ0n) is 10.8. The molecule has 0 aliphatic heterocycles. The first-order valence-electron chi connectivity index (χ1n) is 5.83. The van der Waals surface area contributed by atoms with Crippen molar-refractivity contribution in [2.45, 2.75) is 27.2 Å². The van der Waals surface area contributed by atoms with Crippen LogP contribution in [0, 0.1) is 11.3 Å². The Labute approximate surface area is 98.2 Å². The lowest BCUT2D eigenvalue weighted by atomic mass is 9.84. The molecule has 1 heterocycles. The Morgan fingerprint density at radius 1 is 1.50 bits per heavy atom. The minimum Gasteiger partial charge on any atom is -0.382 e. The largest absolute Gasteiger partial charge is 0.382 e. The predicted octanol–water partition coefficient (Wildman–Crippen LogP) is 1.84. The minimum absolute atomic E-state index is 0.334. The van der Waals surface area contributed by atoms with Gasteiger partial charge in [-0.05, 0) is 24.3 Å². The highest BCUT2D eigenvalue weighted by Gasteiger charge is 2.17. The summed E-state index contributed by atoms with van der Waals surface area (Å²) in [7, 11) is 1.92.